The zero-order valence-corrected chi connectivity index (χ0v) is 24.6. The van der Waals surface area contributed by atoms with E-state index in [0.717, 1.165) is 15.4 Å². The van der Waals surface area contributed by atoms with Crippen molar-refractivity contribution in [3.05, 3.63) is 83.9 Å². The van der Waals surface area contributed by atoms with Crippen LogP contribution in [-0.2, 0) is 26.2 Å². The van der Waals surface area contributed by atoms with Crippen molar-refractivity contribution in [2.75, 3.05) is 25.1 Å². The minimum absolute atomic E-state index is 0.0294. The van der Waals surface area contributed by atoms with Crippen LogP contribution in [0.4, 0.5) is 5.69 Å². The Morgan fingerprint density at radius 3 is 2.20 bits per heavy atom. The molecule has 9 nitrogen and oxygen atoms in total. The van der Waals surface area contributed by atoms with Crippen molar-refractivity contribution < 1.29 is 27.5 Å². The van der Waals surface area contributed by atoms with Gasteiger partial charge in [-0.2, -0.15) is 0 Å². The van der Waals surface area contributed by atoms with E-state index >= 15 is 0 Å². The van der Waals surface area contributed by atoms with Crippen molar-refractivity contribution in [1.29, 1.82) is 0 Å². The third kappa shape index (κ3) is 7.32. The van der Waals surface area contributed by atoms with Crippen molar-refractivity contribution in [1.82, 2.24) is 10.2 Å². The van der Waals surface area contributed by atoms with E-state index in [1.165, 1.54) is 24.1 Å². The molecular weight excluding hydrogens is 530 g/mol. The minimum Gasteiger partial charge on any atom is -0.497 e. The molecule has 3 aromatic rings. The summed E-state index contributed by atoms with van der Waals surface area (Å²) in [5, 5.41) is 2.84. The molecule has 0 saturated carbocycles. The van der Waals surface area contributed by atoms with E-state index in [1.54, 1.807) is 68.6 Å². The molecule has 0 unspecified atom stereocenters. The van der Waals surface area contributed by atoms with Crippen LogP contribution in [0.1, 0.15) is 31.9 Å². The van der Waals surface area contributed by atoms with Gasteiger partial charge in [0.05, 0.1) is 24.8 Å². The molecule has 0 aliphatic rings. The second-order valence-corrected chi connectivity index (χ2v) is 11.6. The molecule has 0 aromatic heterocycles. The van der Waals surface area contributed by atoms with Crippen LogP contribution in [0.15, 0.2) is 77.7 Å². The largest absolute Gasteiger partial charge is 0.497 e. The molecule has 0 aliphatic carbocycles. The van der Waals surface area contributed by atoms with Gasteiger partial charge in [-0.1, -0.05) is 42.0 Å². The topological polar surface area (TPSA) is 105 Å². The number of carbonyl (C=O) groups excluding carboxylic acids is 2. The first kappa shape index (κ1) is 30.5. The lowest BCUT2D eigenvalue weighted by Crippen LogP contribution is -2.52. The molecule has 214 valence electrons. The Kier molecular flexibility index (Phi) is 10.2. The van der Waals surface area contributed by atoms with Crippen molar-refractivity contribution >= 4 is 27.5 Å². The van der Waals surface area contributed by atoms with Gasteiger partial charge < -0.3 is 19.7 Å². The number of nitrogens with zero attached hydrogens (tertiary/aromatic N) is 2. The number of benzene rings is 3. The van der Waals surface area contributed by atoms with Crippen LogP contribution < -0.4 is 19.1 Å². The molecule has 0 fully saturated rings. The van der Waals surface area contributed by atoms with E-state index in [-0.39, 0.29) is 34.8 Å². The lowest BCUT2D eigenvalue weighted by molar-refractivity contribution is -0.139. The fourth-order valence-corrected chi connectivity index (χ4v) is 5.57. The van der Waals surface area contributed by atoms with Crippen LogP contribution in [0.25, 0.3) is 0 Å². The van der Waals surface area contributed by atoms with Crippen molar-refractivity contribution in [3.63, 3.8) is 0 Å². The van der Waals surface area contributed by atoms with Gasteiger partial charge in [-0.25, -0.2) is 8.42 Å². The smallest absolute Gasteiger partial charge is 0.264 e. The van der Waals surface area contributed by atoms with Crippen LogP contribution in [0.5, 0.6) is 11.5 Å². The van der Waals surface area contributed by atoms with Gasteiger partial charge in [-0.15, -0.1) is 0 Å². The van der Waals surface area contributed by atoms with Gasteiger partial charge in [0.2, 0.25) is 11.8 Å². The van der Waals surface area contributed by atoms with Crippen LogP contribution in [-0.4, -0.2) is 58.0 Å². The van der Waals surface area contributed by atoms with Gasteiger partial charge in [0.25, 0.3) is 10.0 Å². The van der Waals surface area contributed by atoms with Crippen molar-refractivity contribution in [2.24, 2.45) is 0 Å². The molecule has 10 heteroatoms. The maximum Gasteiger partial charge on any atom is 0.264 e. The van der Waals surface area contributed by atoms with E-state index in [2.05, 4.69) is 5.32 Å². The quantitative estimate of drug-likeness (QED) is 0.353. The Morgan fingerprint density at radius 1 is 0.900 bits per heavy atom. The molecule has 0 bridgehead atoms. The molecule has 0 heterocycles. The maximum absolute atomic E-state index is 14.0. The summed E-state index contributed by atoms with van der Waals surface area (Å²) in [6, 6.07) is 19.1. The normalized spacial score (nSPS) is 12.0. The first-order valence-corrected chi connectivity index (χ1v) is 14.4. The summed E-state index contributed by atoms with van der Waals surface area (Å²) >= 11 is 0. The first-order chi connectivity index (χ1) is 19.0. The SMILES string of the molecule is COc1cccc(CN(C(=O)CN(c2ccccc2OC)S(=O)(=O)c2ccc(C)cc2)[C@H](C)C(=O)NC(C)C)c1. The number of rotatable bonds is 12. The van der Waals surface area contributed by atoms with E-state index in [4.69, 9.17) is 9.47 Å². The Hall–Kier alpha value is -4.05. The predicted molar refractivity (Wildman–Crippen MR) is 155 cm³/mol. The summed E-state index contributed by atoms with van der Waals surface area (Å²) in [5.74, 6) is -0.0231. The summed E-state index contributed by atoms with van der Waals surface area (Å²) in [5.41, 5.74) is 1.83. The zero-order chi connectivity index (χ0) is 29.4. The second kappa shape index (κ2) is 13.3. The number of aryl methyl sites for hydroxylation is 1. The highest BCUT2D eigenvalue weighted by atomic mass is 32.2. The van der Waals surface area contributed by atoms with Crippen LogP contribution in [0.2, 0.25) is 0 Å². The highest BCUT2D eigenvalue weighted by Crippen LogP contribution is 2.32. The Morgan fingerprint density at radius 2 is 1.57 bits per heavy atom. The Labute approximate surface area is 236 Å². The summed E-state index contributed by atoms with van der Waals surface area (Å²) in [6.45, 7) is 6.65. The Bertz CT molecular complexity index is 1420. The molecule has 0 saturated heterocycles. The number of para-hydroxylation sites is 2. The number of methoxy groups -OCH3 is 2. The minimum atomic E-state index is -4.20. The third-order valence-corrected chi connectivity index (χ3v) is 8.10. The molecule has 1 N–H and O–H groups in total. The number of hydrogen-bond acceptors (Lipinski definition) is 6. The number of anilines is 1. The number of sulfonamides is 1. The highest BCUT2D eigenvalue weighted by molar-refractivity contribution is 7.92. The maximum atomic E-state index is 14.0. The molecule has 2 amide bonds. The van der Waals surface area contributed by atoms with E-state index in [9.17, 15) is 18.0 Å². The summed E-state index contributed by atoms with van der Waals surface area (Å²) in [7, 11) is -1.22. The molecule has 0 aliphatic heterocycles. The standard InChI is InChI=1S/C30H37N3O6S/c1-21(2)31-30(35)23(4)32(19-24-10-9-11-25(18-24)38-5)29(34)20-33(27-12-7-8-13-28(27)39-6)40(36,37)26-16-14-22(3)15-17-26/h7-18,21,23H,19-20H2,1-6H3,(H,31,35)/t23-/m1/s1. The monoisotopic (exact) mass is 567 g/mol. The lowest BCUT2D eigenvalue weighted by atomic mass is 10.1. The molecule has 3 rings (SSSR count). The number of amides is 2. The second-order valence-electron chi connectivity index (χ2n) is 9.71. The van der Waals surface area contributed by atoms with E-state index in [0.29, 0.717) is 5.75 Å². The molecule has 3 aromatic carbocycles. The number of nitrogens with one attached hydrogen (secondary N) is 1. The van der Waals surface area contributed by atoms with Gasteiger partial charge in [0, 0.05) is 12.6 Å². The molecule has 0 spiro atoms. The average molecular weight is 568 g/mol. The number of ether oxygens (including phenoxy) is 2. The average Bonchev–Trinajstić information content (AvgIpc) is 2.94. The van der Waals surface area contributed by atoms with Crippen LogP contribution in [0, 0.1) is 6.92 Å². The van der Waals surface area contributed by atoms with Crippen LogP contribution >= 0.6 is 0 Å². The van der Waals surface area contributed by atoms with Gasteiger partial charge in [0.1, 0.15) is 24.1 Å². The zero-order valence-electron chi connectivity index (χ0n) is 23.7. The van der Waals surface area contributed by atoms with Crippen LogP contribution in [0.3, 0.4) is 0 Å². The molecule has 1 atom stereocenters. The highest BCUT2D eigenvalue weighted by Gasteiger charge is 2.33. The lowest BCUT2D eigenvalue weighted by Gasteiger charge is -2.32. The fraction of sp³-hybridized carbons (Fsp3) is 0.333. The van der Waals surface area contributed by atoms with Gasteiger partial charge in [0.15, 0.2) is 0 Å². The van der Waals surface area contributed by atoms with E-state index in [1.807, 2.05) is 26.8 Å². The van der Waals surface area contributed by atoms with Gasteiger partial charge in [-0.3, -0.25) is 13.9 Å². The van der Waals surface area contributed by atoms with E-state index < -0.39 is 28.5 Å². The fourth-order valence-electron chi connectivity index (χ4n) is 4.14. The summed E-state index contributed by atoms with van der Waals surface area (Å²) < 4.78 is 39.7. The third-order valence-electron chi connectivity index (χ3n) is 6.33. The first-order valence-electron chi connectivity index (χ1n) is 12.9. The molecule has 0 radical (unpaired) electrons. The number of hydrogen-bond donors (Lipinski definition) is 1. The Balaban J connectivity index is 2.07. The van der Waals surface area contributed by atoms with Crippen molar-refractivity contribution in [3.8, 4) is 11.5 Å². The summed E-state index contributed by atoms with van der Waals surface area (Å²) in [4.78, 5) is 28.5. The predicted octanol–water partition coefficient (Wildman–Crippen LogP) is 4.15. The molecular formula is C30H37N3O6S. The summed E-state index contributed by atoms with van der Waals surface area (Å²) in [6.07, 6.45) is 0. The van der Waals surface area contributed by atoms with Gasteiger partial charge in [-0.05, 0) is 69.7 Å². The van der Waals surface area contributed by atoms with Crippen molar-refractivity contribution in [2.45, 2.75) is 51.2 Å². The van der Waals surface area contributed by atoms with Gasteiger partial charge >= 0.3 is 0 Å². The molecule has 40 heavy (non-hydrogen) atoms. The number of carbonyl (C=O) groups is 2.